The Hall–Kier alpha value is -3.02. The molecule has 0 radical (unpaired) electrons. The van der Waals surface area contributed by atoms with E-state index >= 15 is 0 Å². The van der Waals surface area contributed by atoms with Gasteiger partial charge in [-0.05, 0) is 42.3 Å². The van der Waals surface area contributed by atoms with Crippen LogP contribution in [0.5, 0.6) is 5.75 Å². The number of carbonyl (C=O) groups is 1. The lowest BCUT2D eigenvalue weighted by Crippen LogP contribution is -2.31. The molecular formula is C22H23ClN4O5S2. The fourth-order valence-electron chi connectivity index (χ4n) is 3.69. The normalized spacial score (nSPS) is 15.8. The van der Waals surface area contributed by atoms with E-state index in [-0.39, 0.29) is 22.5 Å². The number of likely N-dealkylation sites (tertiary alicyclic amines) is 1. The molecule has 0 aliphatic carbocycles. The Morgan fingerprint density at radius 3 is 2.68 bits per heavy atom. The molecular weight excluding hydrogens is 500 g/mol. The van der Waals surface area contributed by atoms with Gasteiger partial charge in [0.25, 0.3) is 10.0 Å². The zero-order valence-electron chi connectivity index (χ0n) is 18.2. The van der Waals surface area contributed by atoms with Crippen LogP contribution < -0.4 is 14.4 Å². The third-order valence-corrected chi connectivity index (χ3v) is 8.14. The van der Waals surface area contributed by atoms with Gasteiger partial charge in [0, 0.05) is 24.5 Å². The number of hydrogen-bond donors (Lipinski definition) is 2. The van der Waals surface area contributed by atoms with Crippen LogP contribution in [0.25, 0.3) is 0 Å². The van der Waals surface area contributed by atoms with Crippen molar-refractivity contribution >= 4 is 50.6 Å². The Bertz CT molecular complexity index is 1250. The van der Waals surface area contributed by atoms with E-state index in [1.807, 2.05) is 0 Å². The Balaban J connectivity index is 1.57. The van der Waals surface area contributed by atoms with Crippen LogP contribution in [-0.4, -0.2) is 55.7 Å². The summed E-state index contributed by atoms with van der Waals surface area (Å²) >= 11 is 7.74. The summed E-state index contributed by atoms with van der Waals surface area (Å²) < 4.78 is 33.6. The molecule has 1 aliphatic heterocycles. The molecule has 3 aromatic rings. The molecule has 0 bridgehead atoms. The number of aromatic nitrogens is 1. The van der Waals surface area contributed by atoms with Crippen LogP contribution in [-0.2, 0) is 16.6 Å². The Kier molecular flexibility index (Phi) is 7.15. The zero-order chi connectivity index (χ0) is 24.3. The van der Waals surface area contributed by atoms with Gasteiger partial charge in [-0.25, -0.2) is 22.5 Å². The van der Waals surface area contributed by atoms with E-state index < -0.39 is 16.1 Å². The second-order valence-corrected chi connectivity index (χ2v) is 10.7. The number of rotatable bonds is 8. The molecule has 1 saturated heterocycles. The first kappa shape index (κ1) is 24.1. The van der Waals surface area contributed by atoms with Gasteiger partial charge in [-0.1, -0.05) is 23.7 Å². The quantitative estimate of drug-likeness (QED) is 0.452. The molecule has 180 valence electrons. The Morgan fingerprint density at radius 2 is 2.09 bits per heavy atom. The smallest absolute Gasteiger partial charge is 0.407 e. The number of thiazole rings is 1. The molecule has 2 heterocycles. The van der Waals surface area contributed by atoms with Crippen molar-refractivity contribution in [2.24, 2.45) is 0 Å². The molecule has 0 spiro atoms. The van der Waals surface area contributed by atoms with Gasteiger partial charge in [-0.3, -0.25) is 0 Å². The fourth-order valence-corrected chi connectivity index (χ4v) is 6.02. The molecule has 1 unspecified atom stereocenters. The van der Waals surface area contributed by atoms with Gasteiger partial charge in [0.05, 0.1) is 34.8 Å². The molecule has 4 rings (SSSR count). The van der Waals surface area contributed by atoms with E-state index in [4.69, 9.17) is 21.4 Å². The van der Waals surface area contributed by atoms with Crippen molar-refractivity contribution in [2.45, 2.75) is 23.9 Å². The number of nitrogens with zero attached hydrogens (tertiary/aromatic N) is 3. The number of sulfonamides is 1. The van der Waals surface area contributed by atoms with Crippen molar-refractivity contribution in [1.29, 1.82) is 0 Å². The van der Waals surface area contributed by atoms with E-state index in [2.05, 4.69) is 10.3 Å². The SMILES string of the molecule is COc1ccc(CN(c2cscn2)S(=O)(=O)c2ccc(NC3CCN(C(=O)O)C3)c(Cl)c2)cc1. The number of nitrogens with one attached hydrogen (secondary N) is 1. The largest absolute Gasteiger partial charge is 0.497 e. The summed E-state index contributed by atoms with van der Waals surface area (Å²) in [5.41, 5.74) is 2.90. The molecule has 1 amide bonds. The zero-order valence-corrected chi connectivity index (χ0v) is 20.6. The number of carboxylic acid groups (broad SMARTS) is 1. The molecule has 34 heavy (non-hydrogen) atoms. The van der Waals surface area contributed by atoms with E-state index in [0.29, 0.717) is 36.8 Å². The lowest BCUT2D eigenvalue weighted by Gasteiger charge is -2.23. The average molecular weight is 523 g/mol. The topological polar surface area (TPSA) is 112 Å². The van der Waals surface area contributed by atoms with Gasteiger partial charge >= 0.3 is 6.09 Å². The third-order valence-electron chi connectivity index (χ3n) is 5.51. The summed E-state index contributed by atoms with van der Waals surface area (Å²) in [6.45, 7) is 0.858. The van der Waals surface area contributed by atoms with Crippen molar-refractivity contribution < 1.29 is 23.1 Å². The minimum Gasteiger partial charge on any atom is -0.497 e. The van der Waals surface area contributed by atoms with Crippen LogP contribution in [0.4, 0.5) is 16.3 Å². The number of ether oxygens (including phenoxy) is 1. The van der Waals surface area contributed by atoms with Crippen molar-refractivity contribution in [3.05, 3.63) is 63.9 Å². The van der Waals surface area contributed by atoms with Gasteiger partial charge in [-0.2, -0.15) is 0 Å². The number of hydrogen-bond acceptors (Lipinski definition) is 7. The van der Waals surface area contributed by atoms with E-state index in [9.17, 15) is 13.2 Å². The summed E-state index contributed by atoms with van der Waals surface area (Å²) in [5, 5.41) is 14.2. The van der Waals surface area contributed by atoms with E-state index in [1.165, 1.54) is 32.7 Å². The van der Waals surface area contributed by atoms with Gasteiger partial charge in [0.1, 0.15) is 5.75 Å². The molecule has 12 heteroatoms. The number of amides is 1. The van der Waals surface area contributed by atoms with Crippen molar-refractivity contribution in [3.8, 4) is 5.75 Å². The van der Waals surface area contributed by atoms with Crippen LogP contribution in [0.2, 0.25) is 5.02 Å². The second kappa shape index (κ2) is 10.1. The first-order chi connectivity index (χ1) is 16.3. The molecule has 1 fully saturated rings. The molecule has 2 N–H and O–H groups in total. The summed E-state index contributed by atoms with van der Waals surface area (Å²) in [4.78, 5) is 16.7. The number of benzene rings is 2. The predicted octanol–water partition coefficient (Wildman–Crippen LogP) is 4.36. The summed E-state index contributed by atoms with van der Waals surface area (Å²) in [5.74, 6) is 0.995. The average Bonchev–Trinajstić information content (AvgIpc) is 3.51. The first-order valence-electron chi connectivity index (χ1n) is 10.4. The number of halogens is 1. The lowest BCUT2D eigenvalue weighted by atomic mass is 10.2. The van der Waals surface area contributed by atoms with Crippen LogP contribution in [0.3, 0.4) is 0 Å². The summed E-state index contributed by atoms with van der Waals surface area (Å²) in [7, 11) is -2.41. The maximum absolute atomic E-state index is 13.6. The second-order valence-electron chi connectivity index (χ2n) is 7.71. The maximum Gasteiger partial charge on any atom is 0.407 e. The predicted molar refractivity (Wildman–Crippen MR) is 132 cm³/mol. The van der Waals surface area contributed by atoms with Crippen molar-refractivity contribution in [2.75, 3.05) is 29.8 Å². The number of anilines is 2. The molecule has 9 nitrogen and oxygen atoms in total. The van der Waals surface area contributed by atoms with Crippen LogP contribution >= 0.6 is 22.9 Å². The molecule has 1 atom stereocenters. The van der Waals surface area contributed by atoms with E-state index in [1.54, 1.807) is 48.3 Å². The van der Waals surface area contributed by atoms with Gasteiger partial charge in [0.15, 0.2) is 5.82 Å². The van der Waals surface area contributed by atoms with E-state index in [0.717, 1.165) is 5.56 Å². The van der Waals surface area contributed by atoms with Crippen LogP contribution in [0.1, 0.15) is 12.0 Å². The van der Waals surface area contributed by atoms with Crippen molar-refractivity contribution in [1.82, 2.24) is 9.88 Å². The highest BCUT2D eigenvalue weighted by Gasteiger charge is 2.29. The minimum absolute atomic E-state index is 0.0307. The van der Waals surface area contributed by atoms with Crippen molar-refractivity contribution in [3.63, 3.8) is 0 Å². The van der Waals surface area contributed by atoms with Gasteiger partial charge in [-0.15, -0.1) is 11.3 Å². The Morgan fingerprint density at radius 1 is 1.32 bits per heavy atom. The molecule has 1 aromatic heterocycles. The maximum atomic E-state index is 13.6. The molecule has 2 aromatic carbocycles. The van der Waals surface area contributed by atoms with Crippen LogP contribution in [0.15, 0.2) is 58.3 Å². The highest BCUT2D eigenvalue weighted by atomic mass is 35.5. The van der Waals surface area contributed by atoms with Gasteiger partial charge < -0.3 is 20.1 Å². The lowest BCUT2D eigenvalue weighted by molar-refractivity contribution is 0.155. The Labute approximate surface area is 206 Å². The fraction of sp³-hybridized carbons (Fsp3) is 0.273. The molecule has 0 saturated carbocycles. The monoisotopic (exact) mass is 522 g/mol. The number of methoxy groups -OCH3 is 1. The van der Waals surface area contributed by atoms with Crippen LogP contribution in [0, 0.1) is 0 Å². The molecule has 1 aliphatic rings. The summed E-state index contributed by atoms with van der Waals surface area (Å²) in [6, 6.07) is 11.5. The highest BCUT2D eigenvalue weighted by Crippen LogP contribution is 2.31. The standard InChI is InChI=1S/C22H23ClN4O5S2/c1-32-17-4-2-15(3-5-17)11-27(21-13-33-14-24-21)34(30,31)18-6-7-20(19(23)10-18)25-16-8-9-26(12-16)22(28)29/h2-7,10,13-14,16,25H,8-9,11-12H2,1H3,(H,28,29). The first-order valence-corrected chi connectivity index (χ1v) is 13.1. The highest BCUT2D eigenvalue weighted by molar-refractivity contribution is 7.92. The summed E-state index contributed by atoms with van der Waals surface area (Å²) in [6.07, 6.45) is -0.321. The third kappa shape index (κ3) is 5.21. The minimum atomic E-state index is -3.98. The van der Waals surface area contributed by atoms with Gasteiger partial charge in [0.2, 0.25) is 0 Å².